The van der Waals surface area contributed by atoms with Gasteiger partial charge in [0.25, 0.3) is 0 Å². The van der Waals surface area contributed by atoms with Crippen LogP contribution in [-0.2, 0) is 17.3 Å². The van der Waals surface area contributed by atoms with E-state index in [9.17, 15) is 31.1 Å². The number of hydrogen-bond donors (Lipinski definition) is 1. The first-order valence-electron chi connectivity index (χ1n) is 10.7. The first-order chi connectivity index (χ1) is 17.3. The number of alkyl halides is 6. The van der Waals surface area contributed by atoms with Crippen LogP contribution in [0.15, 0.2) is 77.8 Å². The topological polar surface area (TPSA) is 62.5 Å². The fourth-order valence-electron chi connectivity index (χ4n) is 3.21. The molecule has 11 heteroatoms. The van der Waals surface area contributed by atoms with Crippen LogP contribution in [0.25, 0.3) is 0 Å². The summed E-state index contributed by atoms with van der Waals surface area (Å²) < 4.78 is 82.7. The summed E-state index contributed by atoms with van der Waals surface area (Å²) in [6, 6.07) is 16.3. The van der Waals surface area contributed by atoms with Crippen molar-refractivity contribution in [1.82, 2.24) is 0 Å². The highest BCUT2D eigenvalue weighted by atomic mass is 35.5. The van der Waals surface area contributed by atoms with Gasteiger partial charge in [0.05, 0.1) is 34.2 Å². The molecule has 0 radical (unpaired) electrons. The summed E-state index contributed by atoms with van der Waals surface area (Å²) in [4.78, 5) is 16.6. The zero-order valence-electron chi connectivity index (χ0n) is 19.0. The molecule has 0 saturated heterocycles. The molecule has 0 aliphatic carbocycles. The van der Waals surface area contributed by atoms with Gasteiger partial charge in [-0.3, -0.25) is 4.99 Å². The largest absolute Gasteiger partial charge is 0.462 e. The maximum absolute atomic E-state index is 13.0. The first-order valence-corrected chi connectivity index (χ1v) is 11.1. The summed E-state index contributed by atoms with van der Waals surface area (Å²) in [5, 5.41) is 7.58. The Morgan fingerprint density at radius 1 is 0.892 bits per heavy atom. The fourth-order valence-corrected chi connectivity index (χ4v) is 3.39. The predicted molar refractivity (Wildman–Crippen MR) is 128 cm³/mol. The molecule has 3 rings (SSSR count). The van der Waals surface area contributed by atoms with E-state index in [1.807, 2.05) is 0 Å². The standard InChI is InChI=1S/C26H19ClF6N2O2/c27-20-6-1-2-7-21(20)35-22(15-23(34)26(31,32)33)17-8-10-18(11-9-17)24(36)37-13-12-16-4-3-5-19(14-16)25(28,29)30/h1-11,14,34H,12-13,15H2. The summed E-state index contributed by atoms with van der Waals surface area (Å²) in [6.07, 6.45) is -10.1. The first kappa shape index (κ1) is 27.9. The molecule has 0 atom stereocenters. The minimum Gasteiger partial charge on any atom is -0.462 e. The number of nitrogens with zero attached hydrogens (tertiary/aromatic N) is 1. The smallest absolute Gasteiger partial charge is 0.429 e. The van der Waals surface area contributed by atoms with Crippen LogP contribution >= 0.6 is 11.6 Å². The number of halogens is 7. The lowest BCUT2D eigenvalue weighted by Crippen LogP contribution is -2.25. The van der Waals surface area contributed by atoms with Gasteiger partial charge in [0, 0.05) is 12.8 Å². The van der Waals surface area contributed by atoms with Crippen molar-refractivity contribution in [1.29, 1.82) is 5.41 Å². The van der Waals surface area contributed by atoms with Crippen molar-refractivity contribution in [3.8, 4) is 0 Å². The van der Waals surface area contributed by atoms with Crippen molar-refractivity contribution >= 4 is 34.7 Å². The lowest BCUT2D eigenvalue weighted by atomic mass is 10.0. The molecule has 0 aliphatic rings. The lowest BCUT2D eigenvalue weighted by molar-refractivity contribution is -0.137. The number of carbonyl (C=O) groups is 1. The van der Waals surface area contributed by atoms with E-state index < -0.39 is 36.0 Å². The van der Waals surface area contributed by atoms with Crippen LogP contribution < -0.4 is 0 Å². The van der Waals surface area contributed by atoms with E-state index >= 15 is 0 Å². The third-order valence-electron chi connectivity index (χ3n) is 5.13. The van der Waals surface area contributed by atoms with E-state index in [4.69, 9.17) is 21.7 Å². The summed E-state index contributed by atoms with van der Waals surface area (Å²) in [5.74, 6) is -0.758. The highest BCUT2D eigenvalue weighted by Gasteiger charge is 2.35. The van der Waals surface area contributed by atoms with Crippen molar-refractivity contribution in [3.05, 3.63) is 100 Å². The van der Waals surface area contributed by atoms with Gasteiger partial charge in [-0.25, -0.2) is 4.79 Å². The van der Waals surface area contributed by atoms with E-state index in [0.717, 1.165) is 12.1 Å². The Balaban J connectivity index is 1.72. The van der Waals surface area contributed by atoms with Crippen LogP contribution in [-0.4, -0.2) is 30.2 Å². The second kappa shape index (κ2) is 11.6. The quantitative estimate of drug-likeness (QED) is 0.180. The number of hydrogen-bond acceptors (Lipinski definition) is 4. The minimum absolute atomic E-state index is 0.0575. The van der Waals surface area contributed by atoms with Crippen molar-refractivity contribution < 1.29 is 35.9 Å². The normalized spacial score (nSPS) is 12.4. The molecule has 3 aromatic carbocycles. The van der Waals surface area contributed by atoms with Crippen LogP contribution in [0.2, 0.25) is 5.02 Å². The zero-order chi connectivity index (χ0) is 27.2. The van der Waals surface area contributed by atoms with Gasteiger partial charge in [-0.05, 0) is 41.5 Å². The minimum atomic E-state index is -4.84. The molecule has 194 valence electrons. The molecule has 1 N–H and O–H groups in total. The number of aliphatic imine (C=N–C) groups is 1. The lowest BCUT2D eigenvalue weighted by Gasteiger charge is -2.12. The van der Waals surface area contributed by atoms with E-state index in [1.165, 1.54) is 48.5 Å². The van der Waals surface area contributed by atoms with Gasteiger partial charge < -0.3 is 10.1 Å². The molecule has 0 amide bonds. The summed E-state index contributed by atoms with van der Waals surface area (Å²) in [7, 11) is 0. The molecule has 0 aliphatic heterocycles. The predicted octanol–water partition coefficient (Wildman–Crippen LogP) is 7.85. The summed E-state index contributed by atoms with van der Waals surface area (Å²) >= 11 is 6.07. The summed E-state index contributed by atoms with van der Waals surface area (Å²) in [5.41, 5.74) is -1.53. The van der Waals surface area contributed by atoms with Crippen molar-refractivity contribution in [2.75, 3.05) is 6.61 Å². The fraction of sp³-hybridized carbons (Fsp3) is 0.192. The number of nitrogens with one attached hydrogen (secondary N) is 1. The van der Waals surface area contributed by atoms with Crippen LogP contribution in [0.5, 0.6) is 0 Å². The van der Waals surface area contributed by atoms with Gasteiger partial charge in [-0.2, -0.15) is 26.3 Å². The molecule has 4 nitrogen and oxygen atoms in total. The Hall–Kier alpha value is -3.66. The molecular formula is C26H19ClF6N2O2. The third-order valence-corrected chi connectivity index (χ3v) is 5.45. The Morgan fingerprint density at radius 2 is 1.54 bits per heavy atom. The van der Waals surface area contributed by atoms with Gasteiger partial charge >= 0.3 is 18.3 Å². The SMILES string of the molecule is N=C(CC(=Nc1ccccc1Cl)c1ccc(C(=O)OCCc2cccc(C(F)(F)F)c2)cc1)C(F)(F)F. The van der Waals surface area contributed by atoms with Crippen molar-refractivity contribution in [2.24, 2.45) is 4.99 Å². The average molecular weight is 541 g/mol. The van der Waals surface area contributed by atoms with Gasteiger partial charge in [0.2, 0.25) is 0 Å². The molecule has 0 heterocycles. The molecule has 37 heavy (non-hydrogen) atoms. The van der Waals surface area contributed by atoms with Crippen molar-refractivity contribution in [2.45, 2.75) is 25.2 Å². The van der Waals surface area contributed by atoms with Gasteiger partial charge in [-0.15, -0.1) is 0 Å². The number of benzene rings is 3. The van der Waals surface area contributed by atoms with Gasteiger partial charge in [0.15, 0.2) is 0 Å². The third kappa shape index (κ3) is 7.91. The van der Waals surface area contributed by atoms with Crippen LogP contribution in [0, 0.1) is 5.41 Å². The second-order valence-corrected chi connectivity index (χ2v) is 8.23. The number of rotatable bonds is 8. The maximum atomic E-state index is 13.0. The average Bonchev–Trinajstić information content (AvgIpc) is 2.84. The zero-order valence-corrected chi connectivity index (χ0v) is 19.7. The molecule has 0 unspecified atom stereocenters. The maximum Gasteiger partial charge on any atom is 0.429 e. The monoisotopic (exact) mass is 540 g/mol. The van der Waals surface area contributed by atoms with E-state index in [2.05, 4.69) is 4.99 Å². The molecule has 0 bridgehead atoms. The number of carbonyl (C=O) groups excluding carboxylic acids is 1. The van der Waals surface area contributed by atoms with E-state index in [-0.39, 0.29) is 40.6 Å². The van der Waals surface area contributed by atoms with Crippen molar-refractivity contribution in [3.63, 3.8) is 0 Å². The highest BCUT2D eigenvalue weighted by Crippen LogP contribution is 2.30. The van der Waals surface area contributed by atoms with Crippen LogP contribution in [0.1, 0.15) is 33.5 Å². The highest BCUT2D eigenvalue weighted by molar-refractivity contribution is 6.33. The Morgan fingerprint density at radius 3 is 2.16 bits per heavy atom. The van der Waals surface area contributed by atoms with Gasteiger partial charge in [-0.1, -0.05) is 54.1 Å². The Labute approximate surface area is 213 Å². The molecular weight excluding hydrogens is 522 g/mol. The second-order valence-electron chi connectivity index (χ2n) is 7.82. The van der Waals surface area contributed by atoms with E-state index in [0.29, 0.717) is 5.56 Å². The summed E-state index contributed by atoms with van der Waals surface area (Å²) in [6.45, 7) is -0.177. The molecule has 0 spiro atoms. The van der Waals surface area contributed by atoms with Crippen LogP contribution in [0.4, 0.5) is 32.0 Å². The van der Waals surface area contributed by atoms with E-state index in [1.54, 1.807) is 12.1 Å². The van der Waals surface area contributed by atoms with Gasteiger partial charge in [0.1, 0.15) is 5.71 Å². The number of para-hydroxylation sites is 1. The Bertz CT molecular complexity index is 1300. The molecule has 3 aromatic rings. The molecule has 0 saturated carbocycles. The van der Waals surface area contributed by atoms with Crippen LogP contribution in [0.3, 0.4) is 0 Å². The number of ether oxygens (including phenoxy) is 1. The molecule has 0 aromatic heterocycles. The number of esters is 1. The Kier molecular flexibility index (Phi) is 8.75. The molecule has 0 fully saturated rings.